The van der Waals surface area contributed by atoms with Crippen LogP contribution in [-0.2, 0) is 19.1 Å². The lowest BCUT2D eigenvalue weighted by Gasteiger charge is -2.26. The predicted molar refractivity (Wildman–Crippen MR) is 106 cm³/mol. The topological polar surface area (TPSA) is 90.0 Å². The zero-order chi connectivity index (χ0) is 21.5. The lowest BCUT2D eigenvalue weighted by atomic mass is 9.89. The van der Waals surface area contributed by atoms with Crippen molar-refractivity contribution in [1.82, 2.24) is 4.90 Å². The molecule has 7 nitrogen and oxygen atoms in total. The molecule has 2 amide bonds. The van der Waals surface area contributed by atoms with E-state index in [1.54, 1.807) is 68.4 Å². The van der Waals surface area contributed by atoms with Crippen LogP contribution in [0.3, 0.4) is 0 Å². The Bertz CT molecular complexity index is 994. The van der Waals surface area contributed by atoms with Gasteiger partial charge in [-0.2, -0.15) is 0 Å². The van der Waals surface area contributed by atoms with Gasteiger partial charge in [0.1, 0.15) is 12.5 Å². The molecule has 1 fully saturated rings. The maximum absolute atomic E-state index is 13.1. The number of ether oxygens (including phenoxy) is 2. The number of fused-ring (bicyclic) bond motifs is 1. The molecule has 2 aromatic rings. The fourth-order valence-corrected chi connectivity index (χ4v) is 3.72. The summed E-state index contributed by atoms with van der Waals surface area (Å²) >= 11 is 0. The Hall–Kier alpha value is -3.48. The third-order valence-electron chi connectivity index (χ3n) is 5.47. The highest BCUT2D eigenvalue weighted by atomic mass is 16.6. The zero-order valence-electron chi connectivity index (χ0n) is 16.7. The maximum Gasteiger partial charge on any atom is 0.348 e. The number of imide groups is 1. The Morgan fingerprint density at radius 2 is 1.60 bits per heavy atom. The molecule has 1 saturated heterocycles. The molecule has 2 aliphatic rings. The summed E-state index contributed by atoms with van der Waals surface area (Å²) in [5.41, 5.74) is 0.540. The number of carbonyl (C=O) groups excluding carboxylic acids is 4. The Labute approximate surface area is 173 Å². The van der Waals surface area contributed by atoms with Crippen LogP contribution < -0.4 is 0 Å². The van der Waals surface area contributed by atoms with Crippen LogP contribution >= 0.6 is 0 Å². The van der Waals surface area contributed by atoms with Crippen LogP contribution in [0.5, 0.6) is 0 Å². The molecule has 30 heavy (non-hydrogen) atoms. The Morgan fingerprint density at radius 3 is 2.13 bits per heavy atom. The van der Waals surface area contributed by atoms with Crippen molar-refractivity contribution in [2.75, 3.05) is 13.2 Å². The molecule has 2 heterocycles. The molecule has 0 saturated carbocycles. The average molecular weight is 407 g/mol. The van der Waals surface area contributed by atoms with Crippen LogP contribution in [0.15, 0.2) is 54.6 Å². The number of esters is 2. The minimum Gasteiger partial charge on any atom is -0.462 e. The van der Waals surface area contributed by atoms with Crippen LogP contribution in [0.4, 0.5) is 0 Å². The van der Waals surface area contributed by atoms with Gasteiger partial charge in [0.25, 0.3) is 11.8 Å². The largest absolute Gasteiger partial charge is 0.462 e. The van der Waals surface area contributed by atoms with E-state index in [0.717, 1.165) is 4.90 Å². The molecule has 2 atom stereocenters. The number of hydrogen-bond donors (Lipinski definition) is 0. The number of carbonyl (C=O) groups is 4. The molecule has 0 aromatic heterocycles. The summed E-state index contributed by atoms with van der Waals surface area (Å²) in [6.45, 7) is 3.52. The molecule has 4 rings (SSSR count). The molecule has 154 valence electrons. The van der Waals surface area contributed by atoms with Crippen LogP contribution in [0.1, 0.15) is 46.0 Å². The second-order valence-electron chi connectivity index (χ2n) is 8.14. The van der Waals surface area contributed by atoms with Gasteiger partial charge in [0.05, 0.1) is 11.1 Å². The van der Waals surface area contributed by atoms with Crippen molar-refractivity contribution in [3.8, 4) is 0 Å². The standard InChI is InChI=1S/C23H21NO6/c1-23(2)13-29-22(28)18(23)30-21(27)17(14-8-4-3-5-9-14)12-24-19(25)15-10-6-7-11-16(15)20(24)26/h3-11,17-18H,12-13H2,1-2H3/t17-,18+/m1/s1. The fourth-order valence-electron chi connectivity index (χ4n) is 3.72. The molecule has 0 radical (unpaired) electrons. The fraction of sp³-hybridized carbons (Fsp3) is 0.304. The summed E-state index contributed by atoms with van der Waals surface area (Å²) in [4.78, 5) is 51.8. The molecular weight excluding hydrogens is 386 g/mol. The second-order valence-corrected chi connectivity index (χ2v) is 8.14. The summed E-state index contributed by atoms with van der Waals surface area (Å²) in [6, 6.07) is 15.3. The van der Waals surface area contributed by atoms with Gasteiger partial charge in [-0.05, 0) is 17.7 Å². The molecule has 0 bridgehead atoms. The van der Waals surface area contributed by atoms with Crippen molar-refractivity contribution in [3.63, 3.8) is 0 Å². The van der Waals surface area contributed by atoms with Gasteiger partial charge in [0.15, 0.2) is 0 Å². The Morgan fingerprint density at radius 1 is 1.03 bits per heavy atom. The first-order chi connectivity index (χ1) is 14.3. The van der Waals surface area contributed by atoms with E-state index >= 15 is 0 Å². The minimum atomic E-state index is -1.04. The lowest BCUT2D eigenvalue weighted by molar-refractivity contribution is -0.164. The minimum absolute atomic E-state index is 0.151. The summed E-state index contributed by atoms with van der Waals surface area (Å²) in [5, 5.41) is 0. The van der Waals surface area contributed by atoms with Crippen LogP contribution in [-0.4, -0.2) is 47.9 Å². The monoisotopic (exact) mass is 407 g/mol. The molecular formula is C23H21NO6. The van der Waals surface area contributed by atoms with E-state index in [0.29, 0.717) is 16.7 Å². The highest BCUT2D eigenvalue weighted by Gasteiger charge is 2.48. The van der Waals surface area contributed by atoms with E-state index in [2.05, 4.69) is 0 Å². The number of amides is 2. The van der Waals surface area contributed by atoms with E-state index in [1.807, 2.05) is 0 Å². The van der Waals surface area contributed by atoms with Crippen LogP contribution in [0.2, 0.25) is 0 Å². The Balaban J connectivity index is 1.62. The predicted octanol–water partition coefficient (Wildman–Crippen LogP) is 2.56. The zero-order valence-corrected chi connectivity index (χ0v) is 16.7. The van der Waals surface area contributed by atoms with E-state index in [9.17, 15) is 19.2 Å². The van der Waals surface area contributed by atoms with Crippen LogP contribution in [0, 0.1) is 5.41 Å². The normalized spacial score (nSPS) is 20.7. The van der Waals surface area contributed by atoms with E-state index in [-0.39, 0.29) is 13.2 Å². The van der Waals surface area contributed by atoms with Crippen LogP contribution in [0.25, 0.3) is 0 Å². The van der Waals surface area contributed by atoms with E-state index < -0.39 is 41.2 Å². The van der Waals surface area contributed by atoms with Crippen molar-refractivity contribution in [3.05, 3.63) is 71.3 Å². The van der Waals surface area contributed by atoms with Gasteiger partial charge < -0.3 is 9.47 Å². The van der Waals surface area contributed by atoms with Crippen molar-refractivity contribution < 1.29 is 28.7 Å². The molecule has 2 aliphatic heterocycles. The smallest absolute Gasteiger partial charge is 0.348 e. The van der Waals surface area contributed by atoms with E-state index in [4.69, 9.17) is 9.47 Å². The molecule has 0 unspecified atom stereocenters. The van der Waals surface area contributed by atoms with E-state index in [1.165, 1.54) is 0 Å². The quantitative estimate of drug-likeness (QED) is 0.559. The summed E-state index contributed by atoms with van der Waals surface area (Å²) in [5.74, 6) is -3.12. The SMILES string of the molecule is CC1(C)COC(=O)[C@@H]1OC(=O)[C@H](CN1C(=O)c2ccccc2C1=O)c1ccccc1. The number of cyclic esters (lactones) is 1. The lowest BCUT2D eigenvalue weighted by Crippen LogP contribution is -2.40. The van der Waals surface area contributed by atoms with Gasteiger partial charge in [0.2, 0.25) is 6.10 Å². The number of nitrogens with zero attached hydrogens (tertiary/aromatic N) is 1. The summed E-state index contributed by atoms with van der Waals surface area (Å²) in [6.07, 6.45) is -1.04. The number of benzene rings is 2. The summed E-state index contributed by atoms with van der Waals surface area (Å²) < 4.78 is 10.6. The number of rotatable bonds is 5. The van der Waals surface area contributed by atoms with Crippen molar-refractivity contribution in [2.45, 2.75) is 25.9 Å². The molecule has 0 spiro atoms. The Kier molecular flexibility index (Phi) is 4.89. The second kappa shape index (κ2) is 7.40. The van der Waals surface area contributed by atoms with Crippen molar-refractivity contribution in [1.29, 1.82) is 0 Å². The third-order valence-corrected chi connectivity index (χ3v) is 5.47. The van der Waals surface area contributed by atoms with Crippen molar-refractivity contribution >= 4 is 23.8 Å². The first-order valence-electron chi connectivity index (χ1n) is 9.67. The molecule has 0 aliphatic carbocycles. The average Bonchev–Trinajstić information content (AvgIpc) is 3.14. The first kappa shape index (κ1) is 19.8. The third kappa shape index (κ3) is 3.36. The van der Waals surface area contributed by atoms with Gasteiger partial charge in [0, 0.05) is 12.0 Å². The van der Waals surface area contributed by atoms with Gasteiger partial charge in [-0.25, -0.2) is 4.79 Å². The van der Waals surface area contributed by atoms with Gasteiger partial charge in [-0.1, -0.05) is 56.3 Å². The van der Waals surface area contributed by atoms with Gasteiger partial charge >= 0.3 is 11.9 Å². The van der Waals surface area contributed by atoms with Gasteiger partial charge in [-0.3, -0.25) is 19.3 Å². The molecule has 0 N–H and O–H groups in total. The molecule has 7 heteroatoms. The van der Waals surface area contributed by atoms with Crippen molar-refractivity contribution in [2.24, 2.45) is 5.41 Å². The molecule has 2 aromatic carbocycles. The number of hydrogen-bond acceptors (Lipinski definition) is 6. The highest BCUT2D eigenvalue weighted by molar-refractivity contribution is 6.21. The first-order valence-corrected chi connectivity index (χ1v) is 9.67. The van der Waals surface area contributed by atoms with Gasteiger partial charge in [-0.15, -0.1) is 0 Å². The highest BCUT2D eigenvalue weighted by Crippen LogP contribution is 2.33. The maximum atomic E-state index is 13.1. The summed E-state index contributed by atoms with van der Waals surface area (Å²) in [7, 11) is 0.